The van der Waals surface area contributed by atoms with Gasteiger partial charge in [0.15, 0.2) is 11.5 Å². The van der Waals surface area contributed by atoms with Crippen molar-refractivity contribution in [1.82, 2.24) is 13.5 Å². The van der Waals surface area contributed by atoms with Crippen molar-refractivity contribution in [3.8, 4) is 11.5 Å². The molecule has 0 unspecified atom stereocenters. The van der Waals surface area contributed by atoms with Crippen LogP contribution < -0.4 is 9.47 Å². The maximum absolute atomic E-state index is 13.9. The van der Waals surface area contributed by atoms with Gasteiger partial charge in [0, 0.05) is 39.3 Å². The van der Waals surface area contributed by atoms with Crippen molar-refractivity contribution >= 4 is 16.1 Å². The topological polar surface area (TPSA) is 88.6 Å². The third-order valence-corrected chi connectivity index (χ3v) is 9.23. The Labute approximate surface area is 189 Å². The van der Waals surface area contributed by atoms with Crippen LogP contribution in [-0.2, 0) is 25.2 Å². The zero-order valence-corrected chi connectivity index (χ0v) is 19.1. The molecule has 0 bridgehead atoms. The Morgan fingerprint density at radius 1 is 0.844 bits per heavy atom. The number of morpholine rings is 1. The van der Waals surface area contributed by atoms with E-state index in [1.165, 1.54) is 8.61 Å². The number of carbonyl (C=O) groups is 1. The molecule has 32 heavy (non-hydrogen) atoms. The number of piperazine rings is 1. The molecule has 1 aromatic carbocycles. The second-order valence-corrected chi connectivity index (χ2v) is 10.8. The van der Waals surface area contributed by atoms with Crippen LogP contribution in [0.25, 0.3) is 0 Å². The van der Waals surface area contributed by atoms with Crippen LogP contribution in [-0.4, -0.2) is 87.1 Å². The molecule has 3 fully saturated rings. The molecule has 9 nitrogen and oxygen atoms in total. The molecule has 3 aliphatic heterocycles. The summed E-state index contributed by atoms with van der Waals surface area (Å²) in [5.74, 6) is 1.52. The van der Waals surface area contributed by atoms with Gasteiger partial charge in [0.2, 0.25) is 12.7 Å². The zero-order valence-electron chi connectivity index (χ0n) is 18.3. The number of hydrogen-bond donors (Lipinski definition) is 0. The van der Waals surface area contributed by atoms with Crippen LogP contribution in [0.4, 0.5) is 0 Å². The van der Waals surface area contributed by atoms with Gasteiger partial charge in [0.05, 0.1) is 18.6 Å². The van der Waals surface area contributed by atoms with Crippen molar-refractivity contribution in [1.29, 1.82) is 0 Å². The highest BCUT2D eigenvalue weighted by atomic mass is 32.2. The van der Waals surface area contributed by atoms with Crippen LogP contribution in [0.5, 0.6) is 11.5 Å². The van der Waals surface area contributed by atoms with Gasteiger partial charge in [-0.25, -0.2) is 0 Å². The van der Waals surface area contributed by atoms with E-state index >= 15 is 0 Å². The molecule has 10 heteroatoms. The number of amides is 1. The SMILES string of the molecule is O=C(N1CCN(S(=O)(=O)N2CCOCC2)CC1)C1(c2ccc3c(c2)OCO3)CCCCC1. The van der Waals surface area contributed by atoms with E-state index in [1.807, 2.05) is 23.1 Å². The van der Waals surface area contributed by atoms with E-state index in [0.29, 0.717) is 64.0 Å². The van der Waals surface area contributed by atoms with Gasteiger partial charge in [-0.1, -0.05) is 25.3 Å². The lowest BCUT2D eigenvalue weighted by atomic mass is 9.68. The summed E-state index contributed by atoms with van der Waals surface area (Å²) in [4.78, 5) is 15.8. The molecule has 2 saturated heterocycles. The average molecular weight is 466 g/mol. The molecule has 1 aliphatic carbocycles. The molecule has 3 heterocycles. The Balaban J connectivity index is 1.32. The molecular formula is C22H31N3O6S. The fourth-order valence-electron chi connectivity index (χ4n) is 5.34. The van der Waals surface area contributed by atoms with E-state index in [2.05, 4.69) is 0 Å². The largest absolute Gasteiger partial charge is 0.454 e. The standard InChI is InChI=1S/C22H31N3O6S/c26-21(23-8-10-24(11-9-23)32(27,28)25-12-14-29-15-13-25)22(6-2-1-3-7-22)18-4-5-19-20(16-18)31-17-30-19/h4-5,16H,1-3,6-15,17H2. The normalized spacial score (nSPS) is 24.4. The second kappa shape index (κ2) is 8.81. The van der Waals surface area contributed by atoms with E-state index < -0.39 is 15.6 Å². The Morgan fingerprint density at radius 3 is 2.22 bits per heavy atom. The molecule has 0 N–H and O–H groups in total. The predicted octanol–water partition coefficient (Wildman–Crippen LogP) is 1.34. The number of nitrogens with zero attached hydrogens (tertiary/aromatic N) is 3. The summed E-state index contributed by atoms with van der Waals surface area (Å²) in [7, 11) is -3.52. The predicted molar refractivity (Wildman–Crippen MR) is 117 cm³/mol. The first kappa shape index (κ1) is 21.9. The zero-order chi connectivity index (χ0) is 22.2. The van der Waals surface area contributed by atoms with E-state index in [0.717, 1.165) is 37.7 Å². The van der Waals surface area contributed by atoms with E-state index in [4.69, 9.17) is 14.2 Å². The van der Waals surface area contributed by atoms with Crippen molar-refractivity contribution in [2.75, 3.05) is 59.3 Å². The maximum Gasteiger partial charge on any atom is 0.282 e. The van der Waals surface area contributed by atoms with E-state index in [9.17, 15) is 13.2 Å². The van der Waals surface area contributed by atoms with Gasteiger partial charge in [-0.15, -0.1) is 0 Å². The molecule has 5 rings (SSSR count). The Bertz CT molecular complexity index is 948. The lowest BCUT2D eigenvalue weighted by Gasteiger charge is -2.43. The van der Waals surface area contributed by atoms with E-state index in [-0.39, 0.29) is 12.7 Å². The first-order chi connectivity index (χ1) is 15.5. The molecule has 0 radical (unpaired) electrons. The lowest BCUT2D eigenvalue weighted by Crippen LogP contribution is -2.58. The quantitative estimate of drug-likeness (QED) is 0.667. The Kier molecular flexibility index (Phi) is 6.04. The van der Waals surface area contributed by atoms with Gasteiger partial charge in [0.1, 0.15) is 0 Å². The number of benzene rings is 1. The molecule has 0 aromatic heterocycles. The summed E-state index contributed by atoms with van der Waals surface area (Å²) in [5, 5.41) is 0. The first-order valence-corrected chi connectivity index (χ1v) is 12.9. The van der Waals surface area contributed by atoms with Crippen molar-refractivity contribution < 1.29 is 27.4 Å². The molecular weight excluding hydrogens is 434 g/mol. The monoisotopic (exact) mass is 465 g/mol. The number of hydrogen-bond acceptors (Lipinski definition) is 6. The van der Waals surface area contributed by atoms with Gasteiger partial charge in [0.25, 0.3) is 10.2 Å². The minimum Gasteiger partial charge on any atom is -0.454 e. The van der Waals surface area contributed by atoms with Crippen molar-refractivity contribution in [3.05, 3.63) is 23.8 Å². The van der Waals surface area contributed by atoms with Crippen LogP contribution >= 0.6 is 0 Å². The summed E-state index contributed by atoms with van der Waals surface area (Å²) in [6.07, 6.45) is 4.75. The summed E-state index contributed by atoms with van der Waals surface area (Å²) in [6, 6.07) is 5.86. The summed E-state index contributed by atoms with van der Waals surface area (Å²) < 4.78 is 45.3. The van der Waals surface area contributed by atoms with Gasteiger partial charge >= 0.3 is 0 Å². The van der Waals surface area contributed by atoms with Crippen molar-refractivity contribution in [3.63, 3.8) is 0 Å². The number of carbonyl (C=O) groups excluding carboxylic acids is 1. The minimum absolute atomic E-state index is 0.111. The fraction of sp³-hybridized carbons (Fsp3) is 0.682. The molecule has 176 valence electrons. The molecule has 4 aliphatic rings. The minimum atomic E-state index is -3.52. The third-order valence-electron chi connectivity index (χ3n) is 7.19. The van der Waals surface area contributed by atoms with Crippen LogP contribution in [0.1, 0.15) is 37.7 Å². The van der Waals surface area contributed by atoms with Gasteiger partial charge < -0.3 is 19.1 Å². The molecule has 1 amide bonds. The highest BCUT2D eigenvalue weighted by Crippen LogP contribution is 2.44. The van der Waals surface area contributed by atoms with Crippen LogP contribution in [0.15, 0.2) is 18.2 Å². The number of rotatable bonds is 4. The van der Waals surface area contributed by atoms with Gasteiger partial charge in [-0.2, -0.15) is 17.0 Å². The molecule has 1 saturated carbocycles. The molecule has 0 spiro atoms. The average Bonchev–Trinajstić information content (AvgIpc) is 3.33. The Hall–Kier alpha value is -1.88. The van der Waals surface area contributed by atoms with Crippen LogP contribution in [0.3, 0.4) is 0 Å². The summed E-state index contributed by atoms with van der Waals surface area (Å²) >= 11 is 0. The maximum atomic E-state index is 13.9. The van der Waals surface area contributed by atoms with Crippen LogP contribution in [0, 0.1) is 0 Å². The summed E-state index contributed by atoms with van der Waals surface area (Å²) in [5.41, 5.74) is 0.402. The molecule has 1 aromatic rings. The highest BCUT2D eigenvalue weighted by molar-refractivity contribution is 7.86. The highest BCUT2D eigenvalue weighted by Gasteiger charge is 2.45. The smallest absolute Gasteiger partial charge is 0.282 e. The van der Waals surface area contributed by atoms with Gasteiger partial charge in [-0.3, -0.25) is 4.79 Å². The third kappa shape index (κ3) is 3.87. The second-order valence-electron chi connectivity index (χ2n) is 8.92. The first-order valence-electron chi connectivity index (χ1n) is 11.5. The lowest BCUT2D eigenvalue weighted by molar-refractivity contribution is -0.140. The van der Waals surface area contributed by atoms with Crippen molar-refractivity contribution in [2.24, 2.45) is 0 Å². The van der Waals surface area contributed by atoms with Crippen molar-refractivity contribution in [2.45, 2.75) is 37.5 Å². The molecule has 0 atom stereocenters. The number of ether oxygens (including phenoxy) is 3. The number of fused-ring (bicyclic) bond motifs is 1. The summed E-state index contributed by atoms with van der Waals surface area (Å²) in [6.45, 7) is 3.29. The van der Waals surface area contributed by atoms with Gasteiger partial charge in [-0.05, 0) is 30.5 Å². The Morgan fingerprint density at radius 2 is 1.50 bits per heavy atom. The fourth-order valence-corrected chi connectivity index (χ4v) is 6.90. The van der Waals surface area contributed by atoms with Crippen LogP contribution in [0.2, 0.25) is 0 Å². The van der Waals surface area contributed by atoms with E-state index in [1.54, 1.807) is 0 Å².